The molecule has 0 saturated heterocycles. The molecule has 0 aliphatic heterocycles. The third-order valence-corrected chi connectivity index (χ3v) is 4.49. The lowest BCUT2D eigenvalue weighted by Crippen LogP contribution is -2.30. The van der Waals surface area contributed by atoms with Crippen molar-refractivity contribution in [2.24, 2.45) is 0 Å². The van der Waals surface area contributed by atoms with Gasteiger partial charge in [0.15, 0.2) is 5.82 Å². The van der Waals surface area contributed by atoms with Crippen molar-refractivity contribution in [1.29, 1.82) is 0 Å². The van der Waals surface area contributed by atoms with E-state index in [2.05, 4.69) is 42.9 Å². The summed E-state index contributed by atoms with van der Waals surface area (Å²) in [6.45, 7) is 3.93. The van der Waals surface area contributed by atoms with Crippen molar-refractivity contribution >= 4 is 46.6 Å². The van der Waals surface area contributed by atoms with Gasteiger partial charge in [-0.05, 0) is 23.8 Å². The fourth-order valence-electron chi connectivity index (χ4n) is 2.73. The summed E-state index contributed by atoms with van der Waals surface area (Å²) in [5, 5.41) is 24.6. The lowest BCUT2D eigenvalue weighted by Gasteiger charge is -2.10. The van der Waals surface area contributed by atoms with Gasteiger partial charge in [0.05, 0.1) is 24.7 Å². The van der Waals surface area contributed by atoms with E-state index in [1.54, 1.807) is 12.3 Å². The van der Waals surface area contributed by atoms with E-state index in [9.17, 15) is 9.59 Å². The lowest BCUT2D eigenvalue weighted by atomic mass is 10.2. The molecule has 2 aromatic heterocycles. The Morgan fingerprint density at radius 3 is 2.88 bits per heavy atom. The Bertz CT molecular complexity index is 1130. The molecular weight excluding hydrogens is 448 g/mol. The van der Waals surface area contributed by atoms with Crippen LogP contribution in [0.15, 0.2) is 55.5 Å². The van der Waals surface area contributed by atoms with E-state index in [4.69, 9.17) is 16.7 Å². The van der Waals surface area contributed by atoms with Gasteiger partial charge in [-0.3, -0.25) is 14.3 Å². The Kier molecular flexibility index (Phi) is 8.33. The van der Waals surface area contributed by atoms with E-state index in [0.717, 1.165) is 5.56 Å². The second-order valence-corrected chi connectivity index (χ2v) is 7.17. The van der Waals surface area contributed by atoms with Gasteiger partial charge in [0, 0.05) is 25.0 Å². The van der Waals surface area contributed by atoms with E-state index >= 15 is 0 Å². The standard InChI is InChI=1S/C21H23ClN8O3/c1-2-18(32)27-15-5-3-4-14(8-15)9-24-20-17(22)11-25-21(29-20)28-16-10-26-30(12-16)13-19(33)23-6-7-31/h2-5,8,10-12,31H,1,6-7,9,13H2,(H,23,33)(H,27,32)(H2,24,25,28,29). The average molecular weight is 471 g/mol. The van der Waals surface area contributed by atoms with Gasteiger partial charge in [0.25, 0.3) is 0 Å². The maximum absolute atomic E-state index is 11.7. The minimum atomic E-state index is -0.288. The summed E-state index contributed by atoms with van der Waals surface area (Å²) in [5.74, 6) is 0.161. The number of carbonyl (C=O) groups is 2. The minimum absolute atomic E-state index is 0.0161. The molecule has 11 nitrogen and oxygen atoms in total. The number of aromatic nitrogens is 4. The smallest absolute Gasteiger partial charge is 0.247 e. The Labute approximate surface area is 194 Å². The van der Waals surface area contributed by atoms with Crippen LogP contribution in [-0.2, 0) is 22.7 Å². The summed E-state index contributed by atoms with van der Waals surface area (Å²) in [5.41, 5.74) is 2.14. The molecule has 3 rings (SSSR count). The van der Waals surface area contributed by atoms with Gasteiger partial charge in [0.1, 0.15) is 11.6 Å². The van der Waals surface area contributed by atoms with Crippen molar-refractivity contribution in [2.75, 3.05) is 29.1 Å². The highest BCUT2D eigenvalue weighted by atomic mass is 35.5. The van der Waals surface area contributed by atoms with Crippen LogP contribution in [0.4, 0.5) is 23.1 Å². The van der Waals surface area contributed by atoms with Gasteiger partial charge in [-0.1, -0.05) is 30.3 Å². The maximum atomic E-state index is 11.7. The number of hydrogen-bond acceptors (Lipinski definition) is 8. The maximum Gasteiger partial charge on any atom is 0.247 e. The van der Waals surface area contributed by atoms with Crippen molar-refractivity contribution < 1.29 is 14.7 Å². The molecule has 1 aromatic carbocycles. The van der Waals surface area contributed by atoms with Crippen molar-refractivity contribution in [1.82, 2.24) is 25.1 Å². The molecule has 5 N–H and O–H groups in total. The minimum Gasteiger partial charge on any atom is -0.395 e. The Morgan fingerprint density at radius 2 is 2.09 bits per heavy atom. The summed E-state index contributed by atoms with van der Waals surface area (Å²) in [4.78, 5) is 31.7. The highest BCUT2D eigenvalue weighted by Crippen LogP contribution is 2.22. The molecule has 2 amide bonds. The van der Waals surface area contributed by atoms with Crippen LogP contribution in [0.25, 0.3) is 0 Å². The van der Waals surface area contributed by atoms with E-state index in [0.29, 0.717) is 28.8 Å². The van der Waals surface area contributed by atoms with Crippen LogP contribution < -0.4 is 21.3 Å². The Hall–Kier alpha value is -3.96. The molecule has 0 saturated carbocycles. The Balaban J connectivity index is 1.61. The van der Waals surface area contributed by atoms with Gasteiger partial charge in [0.2, 0.25) is 17.8 Å². The van der Waals surface area contributed by atoms with Gasteiger partial charge in [-0.2, -0.15) is 10.1 Å². The number of nitrogens with one attached hydrogen (secondary N) is 4. The zero-order valence-corrected chi connectivity index (χ0v) is 18.3. The first kappa shape index (κ1) is 23.7. The monoisotopic (exact) mass is 470 g/mol. The summed E-state index contributed by atoms with van der Waals surface area (Å²) in [7, 11) is 0. The molecule has 33 heavy (non-hydrogen) atoms. The highest BCUT2D eigenvalue weighted by Gasteiger charge is 2.09. The second-order valence-electron chi connectivity index (χ2n) is 6.76. The molecule has 0 aliphatic rings. The molecule has 0 atom stereocenters. The number of amides is 2. The van der Waals surface area contributed by atoms with Crippen molar-refractivity contribution in [3.05, 3.63) is 66.1 Å². The summed E-state index contributed by atoms with van der Waals surface area (Å²) < 4.78 is 1.45. The number of carbonyl (C=O) groups excluding carboxylic acids is 2. The molecule has 0 unspecified atom stereocenters. The molecule has 0 spiro atoms. The highest BCUT2D eigenvalue weighted by molar-refractivity contribution is 6.32. The molecule has 0 aliphatic carbocycles. The topological polar surface area (TPSA) is 146 Å². The molecule has 12 heteroatoms. The summed E-state index contributed by atoms with van der Waals surface area (Å²) in [6.07, 6.45) is 5.84. The van der Waals surface area contributed by atoms with E-state index in [-0.39, 0.29) is 37.5 Å². The number of nitrogens with zero attached hydrogens (tertiary/aromatic N) is 4. The molecule has 0 fully saturated rings. The number of aliphatic hydroxyl groups excluding tert-OH is 1. The second kappa shape index (κ2) is 11.6. The largest absolute Gasteiger partial charge is 0.395 e. The van der Waals surface area contributed by atoms with Crippen molar-refractivity contribution in [3.8, 4) is 0 Å². The number of hydrogen-bond donors (Lipinski definition) is 5. The van der Waals surface area contributed by atoms with Crippen LogP contribution in [0.5, 0.6) is 0 Å². The van der Waals surface area contributed by atoms with Crippen molar-refractivity contribution in [3.63, 3.8) is 0 Å². The van der Waals surface area contributed by atoms with Crippen LogP contribution in [0, 0.1) is 0 Å². The normalized spacial score (nSPS) is 10.4. The predicted molar refractivity (Wildman–Crippen MR) is 125 cm³/mol. The fourth-order valence-corrected chi connectivity index (χ4v) is 2.89. The van der Waals surface area contributed by atoms with E-state index in [1.807, 2.05) is 18.2 Å². The zero-order chi connectivity index (χ0) is 23.6. The quantitative estimate of drug-likeness (QED) is 0.267. The van der Waals surface area contributed by atoms with E-state index < -0.39 is 0 Å². The van der Waals surface area contributed by atoms with Crippen LogP contribution in [0.3, 0.4) is 0 Å². The average Bonchev–Trinajstić information content (AvgIpc) is 3.24. The SMILES string of the molecule is C=CC(=O)Nc1cccc(CNc2nc(Nc3cnn(CC(=O)NCCO)c3)ncc2Cl)c1. The zero-order valence-electron chi connectivity index (χ0n) is 17.6. The van der Waals surface area contributed by atoms with Gasteiger partial charge in [-0.25, -0.2) is 4.98 Å². The third-order valence-electron chi connectivity index (χ3n) is 4.21. The molecular formula is C21H23ClN8O3. The van der Waals surface area contributed by atoms with Crippen LogP contribution in [-0.4, -0.2) is 49.8 Å². The van der Waals surface area contributed by atoms with Crippen LogP contribution in [0.1, 0.15) is 5.56 Å². The number of anilines is 4. The third kappa shape index (κ3) is 7.30. The van der Waals surface area contributed by atoms with E-state index in [1.165, 1.54) is 23.2 Å². The van der Waals surface area contributed by atoms with Crippen LogP contribution in [0.2, 0.25) is 5.02 Å². The Morgan fingerprint density at radius 1 is 1.24 bits per heavy atom. The summed E-state index contributed by atoms with van der Waals surface area (Å²) >= 11 is 6.23. The first-order valence-corrected chi connectivity index (χ1v) is 10.3. The lowest BCUT2D eigenvalue weighted by molar-refractivity contribution is -0.122. The first-order chi connectivity index (χ1) is 16.0. The number of rotatable bonds is 11. The molecule has 0 radical (unpaired) electrons. The molecule has 0 bridgehead atoms. The number of halogens is 1. The van der Waals surface area contributed by atoms with Crippen LogP contribution >= 0.6 is 11.6 Å². The van der Waals surface area contributed by atoms with Gasteiger partial charge in [-0.15, -0.1) is 0 Å². The molecule has 2 heterocycles. The fraction of sp³-hybridized carbons (Fsp3) is 0.190. The van der Waals surface area contributed by atoms with Gasteiger partial charge >= 0.3 is 0 Å². The van der Waals surface area contributed by atoms with Crippen molar-refractivity contribution in [2.45, 2.75) is 13.1 Å². The predicted octanol–water partition coefficient (Wildman–Crippen LogP) is 1.92. The molecule has 3 aromatic rings. The summed E-state index contributed by atoms with van der Waals surface area (Å²) in [6, 6.07) is 7.33. The van der Waals surface area contributed by atoms with Gasteiger partial charge < -0.3 is 26.4 Å². The molecule has 172 valence electrons. The first-order valence-electron chi connectivity index (χ1n) is 9.92. The number of benzene rings is 1. The number of aliphatic hydroxyl groups is 1.